The number of nitrogens with zero attached hydrogens (tertiary/aromatic N) is 1. The Balaban J connectivity index is 2.14. The van der Waals surface area contributed by atoms with Crippen LogP contribution in [0.4, 0.5) is 0 Å². The Morgan fingerprint density at radius 1 is 1.19 bits per heavy atom. The van der Waals surface area contributed by atoms with Crippen molar-refractivity contribution in [2.75, 3.05) is 0 Å². The molecule has 1 aliphatic rings. The summed E-state index contributed by atoms with van der Waals surface area (Å²) in [6.07, 6.45) is -0.557. The van der Waals surface area contributed by atoms with E-state index in [1.54, 1.807) is 4.57 Å². The van der Waals surface area contributed by atoms with Crippen molar-refractivity contribution in [3.63, 3.8) is 0 Å². The molecule has 0 unspecified atom stereocenters. The van der Waals surface area contributed by atoms with Gasteiger partial charge in [-0.3, -0.25) is 14.4 Å². The van der Waals surface area contributed by atoms with Crippen molar-refractivity contribution in [3.8, 4) is 0 Å². The average Bonchev–Trinajstić information content (AvgIpc) is 2.51. The lowest BCUT2D eigenvalue weighted by Gasteiger charge is -2.56. The van der Waals surface area contributed by atoms with Crippen LogP contribution in [-0.4, -0.2) is 42.9 Å². The first kappa shape index (κ1) is 20.2. The number of rotatable bonds is 5. The normalized spacial score (nSPS) is 20.4. The van der Waals surface area contributed by atoms with E-state index in [0.717, 1.165) is 5.56 Å². The van der Waals surface area contributed by atoms with Crippen LogP contribution in [0.15, 0.2) is 30.3 Å². The van der Waals surface area contributed by atoms with Gasteiger partial charge in [0.15, 0.2) is 20.5 Å². The molecule has 142 valence electrons. The third kappa shape index (κ3) is 3.98. The van der Waals surface area contributed by atoms with Crippen molar-refractivity contribution in [3.05, 3.63) is 35.9 Å². The molecule has 1 fully saturated rings. The lowest BCUT2D eigenvalue weighted by molar-refractivity contribution is -0.180. The molecule has 0 aromatic heterocycles. The maximum Gasteiger partial charge on any atom is 0.304 e. The van der Waals surface area contributed by atoms with Crippen LogP contribution < -0.4 is 5.32 Å². The van der Waals surface area contributed by atoms with Gasteiger partial charge in [0.2, 0.25) is 11.8 Å². The standard InChI is InChI=1S/C19H28N2O4Si/c1-13(22)25-18-16(17(24)21(18)26(5,6)19(2,3)4)20-15(23)12-14-10-8-7-9-11-14/h7-11,16,18H,12H2,1-6H3,(H,20,23)/t16-,18+/m1/s1. The molecule has 0 saturated carbocycles. The van der Waals surface area contributed by atoms with Crippen LogP contribution in [0, 0.1) is 0 Å². The van der Waals surface area contributed by atoms with Gasteiger partial charge in [-0.2, -0.15) is 0 Å². The van der Waals surface area contributed by atoms with Crippen LogP contribution >= 0.6 is 0 Å². The summed E-state index contributed by atoms with van der Waals surface area (Å²) < 4.78 is 7.10. The highest BCUT2D eigenvalue weighted by Gasteiger charge is 2.59. The molecular weight excluding hydrogens is 348 g/mol. The van der Waals surface area contributed by atoms with E-state index in [0.29, 0.717) is 0 Å². The van der Waals surface area contributed by atoms with Gasteiger partial charge in [0.1, 0.15) is 0 Å². The van der Waals surface area contributed by atoms with Gasteiger partial charge in [-0.15, -0.1) is 0 Å². The molecule has 0 radical (unpaired) electrons. The molecule has 1 aromatic rings. The van der Waals surface area contributed by atoms with E-state index in [4.69, 9.17) is 4.74 Å². The molecule has 1 saturated heterocycles. The van der Waals surface area contributed by atoms with E-state index >= 15 is 0 Å². The monoisotopic (exact) mass is 376 g/mol. The summed E-state index contributed by atoms with van der Waals surface area (Å²) in [4.78, 5) is 36.7. The van der Waals surface area contributed by atoms with Crippen LogP contribution in [0.25, 0.3) is 0 Å². The number of esters is 1. The first-order valence-electron chi connectivity index (χ1n) is 8.79. The SMILES string of the molecule is CC(=O)O[C@H]1[C@H](NC(=O)Cc2ccccc2)C(=O)N1[Si](C)(C)C(C)(C)C. The summed E-state index contributed by atoms with van der Waals surface area (Å²) in [6, 6.07) is 8.49. The third-order valence-electron chi connectivity index (χ3n) is 5.29. The number of carbonyl (C=O) groups is 3. The second kappa shape index (κ2) is 7.23. The van der Waals surface area contributed by atoms with Crippen molar-refractivity contribution in [1.82, 2.24) is 9.88 Å². The fourth-order valence-corrected chi connectivity index (χ4v) is 5.10. The number of hydrogen-bond acceptors (Lipinski definition) is 4. The number of benzene rings is 1. The Morgan fingerprint density at radius 3 is 2.27 bits per heavy atom. The second-order valence-electron chi connectivity index (χ2n) is 8.22. The molecule has 1 heterocycles. The molecule has 1 aromatic carbocycles. The number of β-lactam (4-membered cyclic amide) rings is 1. The Morgan fingerprint density at radius 2 is 1.77 bits per heavy atom. The molecule has 1 aliphatic heterocycles. The van der Waals surface area contributed by atoms with Crippen molar-refractivity contribution in [1.29, 1.82) is 0 Å². The van der Waals surface area contributed by atoms with Crippen LogP contribution in [0.1, 0.15) is 33.3 Å². The number of amides is 2. The topological polar surface area (TPSA) is 75.7 Å². The van der Waals surface area contributed by atoms with Crippen LogP contribution in [-0.2, 0) is 25.5 Å². The van der Waals surface area contributed by atoms with Gasteiger partial charge < -0.3 is 14.6 Å². The minimum Gasteiger partial charge on any atom is -0.440 e. The van der Waals surface area contributed by atoms with Crippen molar-refractivity contribution in [2.45, 2.75) is 64.5 Å². The summed E-state index contributed by atoms with van der Waals surface area (Å²) in [5, 5.41) is 2.64. The fraction of sp³-hybridized carbons (Fsp3) is 0.526. The molecule has 6 nitrogen and oxygen atoms in total. The summed E-state index contributed by atoms with van der Waals surface area (Å²) in [5.41, 5.74) is 0.863. The molecule has 7 heteroatoms. The maximum atomic E-state index is 12.8. The van der Waals surface area contributed by atoms with E-state index < -0.39 is 26.5 Å². The molecular formula is C19H28N2O4Si. The van der Waals surface area contributed by atoms with Gasteiger partial charge in [0, 0.05) is 6.92 Å². The molecule has 0 aliphatic carbocycles. The van der Waals surface area contributed by atoms with Gasteiger partial charge in [-0.05, 0) is 10.6 Å². The molecule has 2 rings (SSSR count). The van der Waals surface area contributed by atoms with Crippen molar-refractivity contribution >= 4 is 26.0 Å². The highest BCUT2D eigenvalue weighted by atomic mass is 28.3. The van der Waals surface area contributed by atoms with E-state index in [9.17, 15) is 14.4 Å². The lowest BCUT2D eigenvalue weighted by Crippen LogP contribution is -2.79. The Bertz CT molecular complexity index is 697. The van der Waals surface area contributed by atoms with Gasteiger partial charge in [0.05, 0.1) is 6.42 Å². The minimum atomic E-state index is -2.23. The smallest absolute Gasteiger partial charge is 0.304 e. The van der Waals surface area contributed by atoms with Gasteiger partial charge in [-0.25, -0.2) is 0 Å². The number of nitrogens with one attached hydrogen (secondary N) is 1. The van der Waals surface area contributed by atoms with Crippen LogP contribution in [0.5, 0.6) is 0 Å². The van der Waals surface area contributed by atoms with Crippen molar-refractivity contribution in [2.24, 2.45) is 0 Å². The first-order valence-corrected chi connectivity index (χ1v) is 11.7. The van der Waals surface area contributed by atoms with E-state index in [-0.39, 0.29) is 23.3 Å². The summed E-state index contributed by atoms with van der Waals surface area (Å²) in [5.74, 6) is -0.903. The van der Waals surface area contributed by atoms with Crippen molar-refractivity contribution < 1.29 is 19.1 Å². The Labute approximate surface area is 156 Å². The zero-order valence-corrected chi connectivity index (χ0v) is 17.3. The van der Waals surface area contributed by atoms with E-state index in [1.807, 2.05) is 30.3 Å². The second-order valence-corrected chi connectivity index (χ2v) is 13.3. The fourth-order valence-electron chi connectivity index (χ4n) is 2.85. The summed E-state index contributed by atoms with van der Waals surface area (Å²) in [7, 11) is -2.23. The number of ether oxygens (including phenoxy) is 1. The van der Waals surface area contributed by atoms with Crippen LogP contribution in [0.3, 0.4) is 0 Å². The summed E-state index contributed by atoms with van der Waals surface area (Å²) >= 11 is 0. The Hall–Kier alpha value is -2.15. The molecule has 2 amide bonds. The van der Waals surface area contributed by atoms with Crippen LogP contribution in [0.2, 0.25) is 18.1 Å². The van der Waals surface area contributed by atoms with Gasteiger partial charge >= 0.3 is 5.97 Å². The zero-order chi connectivity index (χ0) is 19.7. The predicted octanol–water partition coefficient (Wildman–Crippen LogP) is 2.45. The molecule has 26 heavy (non-hydrogen) atoms. The first-order chi connectivity index (χ1) is 11.9. The van der Waals surface area contributed by atoms with E-state index in [1.165, 1.54) is 6.92 Å². The summed E-state index contributed by atoms with van der Waals surface area (Å²) in [6.45, 7) is 11.7. The predicted molar refractivity (Wildman–Crippen MR) is 102 cm³/mol. The molecule has 0 bridgehead atoms. The maximum absolute atomic E-state index is 12.8. The molecule has 0 spiro atoms. The lowest BCUT2D eigenvalue weighted by atomic mass is 10.1. The largest absolute Gasteiger partial charge is 0.440 e. The number of carbonyl (C=O) groups excluding carboxylic acids is 3. The van der Waals surface area contributed by atoms with Gasteiger partial charge in [0.25, 0.3) is 0 Å². The third-order valence-corrected chi connectivity index (χ3v) is 10.6. The Kier molecular flexibility index (Phi) is 5.60. The van der Waals surface area contributed by atoms with E-state index in [2.05, 4.69) is 39.2 Å². The highest BCUT2D eigenvalue weighted by molar-refractivity contribution is 6.80. The van der Waals surface area contributed by atoms with Gasteiger partial charge in [-0.1, -0.05) is 64.2 Å². The quantitative estimate of drug-likeness (QED) is 0.487. The zero-order valence-electron chi connectivity index (χ0n) is 16.3. The molecule has 1 N–H and O–H groups in total. The molecule has 2 atom stereocenters. The average molecular weight is 377 g/mol. The number of hydrogen-bond donors (Lipinski definition) is 1. The minimum absolute atomic E-state index is 0.0971. The highest BCUT2D eigenvalue weighted by Crippen LogP contribution is 2.43.